The lowest BCUT2D eigenvalue weighted by atomic mass is 10.0. The van der Waals surface area contributed by atoms with Crippen LogP contribution < -0.4 is 0 Å². The van der Waals surface area contributed by atoms with E-state index in [4.69, 9.17) is 5.11 Å². The quantitative estimate of drug-likeness (QED) is 0.890. The Balaban J connectivity index is 1.47. The fraction of sp³-hybridized carbons (Fsp3) is 0.421. The summed E-state index contributed by atoms with van der Waals surface area (Å²) < 4.78 is 0. The molecule has 2 aromatic rings. The molecule has 1 aliphatic heterocycles. The van der Waals surface area contributed by atoms with Crippen molar-refractivity contribution in [2.24, 2.45) is 0 Å². The van der Waals surface area contributed by atoms with Crippen LogP contribution in [0.15, 0.2) is 42.5 Å². The molecule has 0 radical (unpaired) electrons. The fourth-order valence-electron chi connectivity index (χ4n) is 3.37. The smallest absolute Gasteiger partial charge is 0.317 e. The van der Waals surface area contributed by atoms with Crippen molar-refractivity contribution in [3.63, 3.8) is 0 Å². The van der Waals surface area contributed by atoms with E-state index >= 15 is 0 Å². The molecule has 1 fully saturated rings. The Labute approximate surface area is 137 Å². The summed E-state index contributed by atoms with van der Waals surface area (Å²) in [4.78, 5) is 15.2. The molecule has 4 heteroatoms. The molecule has 1 saturated heterocycles. The number of benzene rings is 2. The first kappa shape index (κ1) is 16.0. The van der Waals surface area contributed by atoms with Gasteiger partial charge in [0.15, 0.2) is 0 Å². The van der Waals surface area contributed by atoms with Crippen molar-refractivity contribution < 1.29 is 9.90 Å². The SMILES string of the molecule is O=C(O)CN1CCN(CCCc2cccc3ccccc23)CC1. The second-order valence-corrected chi connectivity index (χ2v) is 6.25. The Bertz CT molecular complexity index is 658. The lowest BCUT2D eigenvalue weighted by Crippen LogP contribution is -2.48. The van der Waals surface area contributed by atoms with E-state index < -0.39 is 5.97 Å². The van der Waals surface area contributed by atoms with Gasteiger partial charge in [-0.3, -0.25) is 9.69 Å². The van der Waals surface area contributed by atoms with Gasteiger partial charge in [-0.25, -0.2) is 0 Å². The molecule has 122 valence electrons. The van der Waals surface area contributed by atoms with Crippen LogP contribution in [0, 0.1) is 0 Å². The lowest BCUT2D eigenvalue weighted by molar-refractivity contribution is -0.138. The molecule has 0 amide bonds. The first-order valence-corrected chi connectivity index (χ1v) is 8.35. The van der Waals surface area contributed by atoms with Gasteiger partial charge in [-0.2, -0.15) is 0 Å². The Morgan fingerprint density at radius 2 is 1.65 bits per heavy atom. The van der Waals surface area contributed by atoms with Gasteiger partial charge in [-0.15, -0.1) is 0 Å². The van der Waals surface area contributed by atoms with Crippen molar-refractivity contribution in [3.05, 3.63) is 48.0 Å². The predicted molar refractivity (Wildman–Crippen MR) is 92.8 cm³/mol. The van der Waals surface area contributed by atoms with Crippen LogP contribution in [0.25, 0.3) is 10.8 Å². The van der Waals surface area contributed by atoms with Crippen LogP contribution in [0.3, 0.4) is 0 Å². The third-order valence-electron chi connectivity index (χ3n) is 4.62. The Morgan fingerprint density at radius 1 is 0.957 bits per heavy atom. The minimum atomic E-state index is -0.727. The monoisotopic (exact) mass is 312 g/mol. The number of carboxylic acid groups (broad SMARTS) is 1. The molecule has 0 atom stereocenters. The molecule has 0 spiro atoms. The standard InChI is InChI=1S/C19H24N2O2/c22-19(23)15-21-13-11-20(12-14-21)10-4-8-17-7-3-6-16-5-1-2-9-18(16)17/h1-3,5-7,9H,4,8,10-15H2,(H,22,23). The third kappa shape index (κ3) is 4.30. The summed E-state index contributed by atoms with van der Waals surface area (Å²) in [5, 5.41) is 11.5. The number of rotatable bonds is 6. The average Bonchev–Trinajstić information content (AvgIpc) is 2.56. The van der Waals surface area contributed by atoms with E-state index in [-0.39, 0.29) is 6.54 Å². The molecule has 4 nitrogen and oxygen atoms in total. The highest BCUT2D eigenvalue weighted by atomic mass is 16.4. The Morgan fingerprint density at radius 3 is 2.43 bits per heavy atom. The van der Waals surface area contributed by atoms with E-state index in [1.165, 1.54) is 16.3 Å². The largest absolute Gasteiger partial charge is 0.480 e. The van der Waals surface area contributed by atoms with Gasteiger partial charge in [-0.05, 0) is 35.7 Å². The summed E-state index contributed by atoms with van der Waals surface area (Å²) in [6.07, 6.45) is 2.24. The van der Waals surface area contributed by atoms with Crippen molar-refractivity contribution in [1.82, 2.24) is 9.80 Å². The first-order valence-electron chi connectivity index (χ1n) is 8.35. The van der Waals surface area contributed by atoms with Gasteiger partial charge in [0.25, 0.3) is 0 Å². The summed E-state index contributed by atoms with van der Waals surface area (Å²) >= 11 is 0. The maximum atomic E-state index is 10.7. The maximum Gasteiger partial charge on any atom is 0.317 e. The van der Waals surface area contributed by atoms with Crippen LogP contribution in [-0.2, 0) is 11.2 Å². The number of aryl methyl sites for hydroxylation is 1. The lowest BCUT2D eigenvalue weighted by Gasteiger charge is -2.33. The highest BCUT2D eigenvalue weighted by molar-refractivity contribution is 5.85. The van der Waals surface area contributed by atoms with Crippen molar-refractivity contribution in [2.75, 3.05) is 39.3 Å². The predicted octanol–water partition coefficient (Wildman–Crippen LogP) is 2.47. The molecule has 1 aliphatic rings. The number of carbonyl (C=O) groups is 1. The van der Waals surface area contributed by atoms with E-state index in [9.17, 15) is 4.79 Å². The zero-order valence-corrected chi connectivity index (χ0v) is 13.4. The molecule has 3 rings (SSSR count). The van der Waals surface area contributed by atoms with E-state index in [2.05, 4.69) is 47.4 Å². The first-order chi connectivity index (χ1) is 11.2. The topological polar surface area (TPSA) is 43.8 Å². The van der Waals surface area contributed by atoms with Gasteiger partial charge in [0.2, 0.25) is 0 Å². The van der Waals surface area contributed by atoms with E-state index in [0.717, 1.165) is 45.6 Å². The summed E-state index contributed by atoms with van der Waals surface area (Å²) in [6, 6.07) is 15.1. The highest BCUT2D eigenvalue weighted by Crippen LogP contribution is 2.19. The zero-order chi connectivity index (χ0) is 16.1. The molecular weight excluding hydrogens is 288 g/mol. The molecule has 0 saturated carbocycles. The fourth-order valence-corrected chi connectivity index (χ4v) is 3.37. The minimum Gasteiger partial charge on any atom is -0.480 e. The van der Waals surface area contributed by atoms with Crippen LogP contribution in [0.1, 0.15) is 12.0 Å². The molecular formula is C19H24N2O2. The van der Waals surface area contributed by atoms with Crippen molar-refractivity contribution >= 4 is 16.7 Å². The summed E-state index contributed by atoms with van der Waals surface area (Å²) in [5.74, 6) is -0.727. The van der Waals surface area contributed by atoms with Gasteiger partial charge < -0.3 is 10.0 Å². The van der Waals surface area contributed by atoms with E-state index in [1.807, 2.05) is 4.90 Å². The number of aliphatic carboxylic acids is 1. The van der Waals surface area contributed by atoms with Gasteiger partial charge in [-0.1, -0.05) is 42.5 Å². The van der Waals surface area contributed by atoms with Crippen molar-refractivity contribution in [3.8, 4) is 0 Å². The second kappa shape index (κ2) is 7.57. The van der Waals surface area contributed by atoms with E-state index in [1.54, 1.807) is 0 Å². The highest BCUT2D eigenvalue weighted by Gasteiger charge is 2.18. The number of hydrogen-bond donors (Lipinski definition) is 1. The second-order valence-electron chi connectivity index (χ2n) is 6.25. The van der Waals surface area contributed by atoms with Crippen LogP contribution in [-0.4, -0.2) is 60.1 Å². The summed E-state index contributed by atoms with van der Waals surface area (Å²) in [7, 11) is 0. The number of piperazine rings is 1. The minimum absolute atomic E-state index is 0.170. The number of fused-ring (bicyclic) bond motifs is 1. The molecule has 2 aromatic carbocycles. The number of hydrogen-bond acceptors (Lipinski definition) is 3. The summed E-state index contributed by atoms with van der Waals surface area (Å²) in [6.45, 7) is 4.93. The molecule has 0 unspecified atom stereocenters. The van der Waals surface area contributed by atoms with Gasteiger partial charge in [0.1, 0.15) is 0 Å². The third-order valence-corrected chi connectivity index (χ3v) is 4.62. The van der Waals surface area contributed by atoms with Crippen LogP contribution in [0.4, 0.5) is 0 Å². The average molecular weight is 312 g/mol. The van der Waals surface area contributed by atoms with Crippen molar-refractivity contribution in [1.29, 1.82) is 0 Å². The molecule has 1 heterocycles. The normalized spacial score (nSPS) is 16.7. The van der Waals surface area contributed by atoms with Crippen LogP contribution in [0.5, 0.6) is 0 Å². The molecule has 0 aliphatic carbocycles. The maximum absolute atomic E-state index is 10.7. The Hall–Kier alpha value is -1.91. The molecule has 0 bridgehead atoms. The van der Waals surface area contributed by atoms with Gasteiger partial charge >= 0.3 is 5.97 Å². The Kier molecular flexibility index (Phi) is 5.26. The van der Waals surface area contributed by atoms with Crippen molar-refractivity contribution in [2.45, 2.75) is 12.8 Å². The van der Waals surface area contributed by atoms with Gasteiger partial charge in [0, 0.05) is 26.2 Å². The molecule has 0 aromatic heterocycles. The van der Waals surface area contributed by atoms with Gasteiger partial charge in [0.05, 0.1) is 6.54 Å². The molecule has 23 heavy (non-hydrogen) atoms. The summed E-state index contributed by atoms with van der Waals surface area (Å²) in [5.41, 5.74) is 1.42. The van der Waals surface area contributed by atoms with Crippen LogP contribution in [0.2, 0.25) is 0 Å². The number of carboxylic acids is 1. The number of nitrogens with zero attached hydrogens (tertiary/aromatic N) is 2. The van der Waals surface area contributed by atoms with E-state index in [0.29, 0.717) is 0 Å². The van der Waals surface area contributed by atoms with Crippen LogP contribution >= 0.6 is 0 Å². The zero-order valence-electron chi connectivity index (χ0n) is 13.4. The molecule has 1 N–H and O–H groups in total.